The van der Waals surface area contributed by atoms with Crippen molar-refractivity contribution in [1.82, 2.24) is 0 Å². The van der Waals surface area contributed by atoms with Crippen LogP contribution in [0.15, 0.2) is 0 Å². The molecule has 0 unspecified atom stereocenters. The lowest BCUT2D eigenvalue weighted by Gasteiger charge is -2.41. The van der Waals surface area contributed by atoms with Gasteiger partial charge in [-0.3, -0.25) is 4.79 Å². The first-order chi connectivity index (χ1) is 5.62. The Hall–Kier alpha value is -0.610. The van der Waals surface area contributed by atoms with Crippen molar-refractivity contribution in [2.45, 2.75) is 25.3 Å². The molecule has 1 fully saturated rings. The number of carbonyl (C=O) groups excluding carboxylic acids is 1. The summed E-state index contributed by atoms with van der Waals surface area (Å²) in [7, 11) is 0. The molecule has 0 aromatic heterocycles. The number of nitrogens with two attached hydrogens (primary N) is 1. The molecule has 0 spiro atoms. The van der Waals surface area contributed by atoms with Crippen molar-refractivity contribution in [2.24, 2.45) is 11.7 Å². The third-order valence-electron chi connectivity index (χ3n) is 2.25. The van der Waals surface area contributed by atoms with E-state index in [4.69, 9.17) is 15.6 Å². The molecule has 1 saturated carbocycles. The summed E-state index contributed by atoms with van der Waals surface area (Å²) in [6.45, 7) is 2.23. The van der Waals surface area contributed by atoms with E-state index < -0.39 is 5.54 Å². The second kappa shape index (κ2) is 3.41. The summed E-state index contributed by atoms with van der Waals surface area (Å²) in [5.41, 5.74) is 4.90. The van der Waals surface area contributed by atoms with Crippen LogP contribution < -0.4 is 5.73 Å². The third-order valence-corrected chi connectivity index (χ3v) is 2.25. The van der Waals surface area contributed by atoms with Gasteiger partial charge >= 0.3 is 5.97 Å². The van der Waals surface area contributed by atoms with Crippen LogP contribution in [0.25, 0.3) is 0 Å². The molecular formula is C8H15NO3. The Balaban J connectivity index is 2.38. The Bertz CT molecular complexity index is 175. The van der Waals surface area contributed by atoms with Crippen LogP contribution in [0.3, 0.4) is 0 Å². The quantitative estimate of drug-likeness (QED) is 0.572. The monoisotopic (exact) mass is 173 g/mol. The van der Waals surface area contributed by atoms with Gasteiger partial charge in [0, 0.05) is 6.61 Å². The molecule has 4 nitrogen and oxygen atoms in total. The van der Waals surface area contributed by atoms with Gasteiger partial charge in [0.2, 0.25) is 0 Å². The second-order valence-corrected chi connectivity index (χ2v) is 3.33. The van der Waals surface area contributed by atoms with Gasteiger partial charge in [-0.25, -0.2) is 0 Å². The van der Waals surface area contributed by atoms with Crippen molar-refractivity contribution in [3.8, 4) is 0 Å². The topological polar surface area (TPSA) is 72.5 Å². The summed E-state index contributed by atoms with van der Waals surface area (Å²) in [6, 6.07) is 0. The fraction of sp³-hybridized carbons (Fsp3) is 0.875. The average Bonchev–Trinajstić information content (AvgIpc) is 1.99. The van der Waals surface area contributed by atoms with Crippen molar-refractivity contribution in [3.63, 3.8) is 0 Å². The highest BCUT2D eigenvalue weighted by Crippen LogP contribution is 2.36. The van der Waals surface area contributed by atoms with Gasteiger partial charge in [-0.15, -0.1) is 0 Å². The molecule has 1 aliphatic rings. The molecule has 3 N–H and O–H groups in total. The van der Waals surface area contributed by atoms with E-state index in [1.807, 2.05) is 0 Å². The van der Waals surface area contributed by atoms with Crippen molar-refractivity contribution in [2.75, 3.05) is 13.2 Å². The van der Waals surface area contributed by atoms with Gasteiger partial charge in [-0.1, -0.05) is 0 Å². The zero-order chi connectivity index (χ0) is 9.19. The second-order valence-electron chi connectivity index (χ2n) is 3.33. The Labute approximate surface area is 71.7 Å². The highest BCUT2D eigenvalue weighted by molar-refractivity contribution is 5.81. The summed E-state index contributed by atoms with van der Waals surface area (Å²) in [5, 5.41) is 8.72. The number of hydrogen-bond donors (Lipinski definition) is 2. The largest absolute Gasteiger partial charge is 0.465 e. The zero-order valence-corrected chi connectivity index (χ0v) is 7.25. The number of ether oxygens (including phenoxy) is 1. The minimum atomic E-state index is -0.816. The highest BCUT2D eigenvalue weighted by atomic mass is 16.5. The predicted octanol–water partition coefficient (Wildman–Crippen LogP) is -0.351. The number of aliphatic hydroxyl groups excluding tert-OH is 1. The lowest BCUT2D eigenvalue weighted by molar-refractivity contribution is -0.156. The first kappa shape index (κ1) is 9.48. The molecule has 0 atom stereocenters. The molecule has 0 saturated heterocycles. The summed E-state index contributed by atoms with van der Waals surface area (Å²) >= 11 is 0. The first-order valence-electron chi connectivity index (χ1n) is 4.19. The van der Waals surface area contributed by atoms with E-state index in [9.17, 15) is 4.79 Å². The maximum absolute atomic E-state index is 11.2. The molecule has 1 aliphatic carbocycles. The van der Waals surface area contributed by atoms with Crippen LogP contribution >= 0.6 is 0 Å². The lowest BCUT2D eigenvalue weighted by Crippen LogP contribution is -2.59. The number of hydrogen-bond acceptors (Lipinski definition) is 4. The zero-order valence-electron chi connectivity index (χ0n) is 7.25. The molecule has 0 heterocycles. The molecule has 0 aromatic carbocycles. The molecule has 4 heteroatoms. The Morgan fingerprint density at radius 3 is 2.75 bits per heavy atom. The maximum atomic E-state index is 11.2. The van der Waals surface area contributed by atoms with Crippen molar-refractivity contribution >= 4 is 5.97 Å². The van der Waals surface area contributed by atoms with Gasteiger partial charge < -0.3 is 15.6 Å². The third kappa shape index (κ3) is 1.59. The highest BCUT2D eigenvalue weighted by Gasteiger charge is 2.47. The van der Waals surface area contributed by atoms with Gasteiger partial charge in [0.05, 0.1) is 6.61 Å². The van der Waals surface area contributed by atoms with Crippen LogP contribution in [0, 0.1) is 5.92 Å². The van der Waals surface area contributed by atoms with E-state index in [1.165, 1.54) is 0 Å². The molecular weight excluding hydrogens is 158 g/mol. The molecule has 1 rings (SSSR count). The van der Waals surface area contributed by atoms with E-state index >= 15 is 0 Å². The van der Waals surface area contributed by atoms with Gasteiger partial charge in [0.1, 0.15) is 5.54 Å². The number of carbonyl (C=O) groups is 1. The van der Waals surface area contributed by atoms with Crippen molar-refractivity contribution in [3.05, 3.63) is 0 Å². The minimum absolute atomic E-state index is 0.109. The van der Waals surface area contributed by atoms with Crippen LogP contribution in [0.2, 0.25) is 0 Å². The van der Waals surface area contributed by atoms with Gasteiger partial charge in [0.25, 0.3) is 0 Å². The molecule has 0 bridgehead atoms. The van der Waals surface area contributed by atoms with Crippen LogP contribution in [0.5, 0.6) is 0 Å². The van der Waals surface area contributed by atoms with E-state index in [0.29, 0.717) is 19.4 Å². The SMILES string of the molecule is CCOC(=O)C1(N)CC(CO)C1. The lowest BCUT2D eigenvalue weighted by atomic mass is 9.69. The fourth-order valence-corrected chi connectivity index (χ4v) is 1.54. The average molecular weight is 173 g/mol. The summed E-state index contributed by atoms with van der Waals surface area (Å²) < 4.78 is 4.80. The Morgan fingerprint density at radius 2 is 2.33 bits per heavy atom. The molecule has 0 aliphatic heterocycles. The molecule has 0 radical (unpaired) electrons. The minimum Gasteiger partial charge on any atom is -0.465 e. The first-order valence-corrected chi connectivity index (χ1v) is 4.19. The maximum Gasteiger partial charge on any atom is 0.326 e. The fourth-order valence-electron chi connectivity index (χ4n) is 1.54. The number of esters is 1. The van der Waals surface area contributed by atoms with Crippen LogP contribution in [-0.4, -0.2) is 29.8 Å². The number of rotatable bonds is 3. The normalized spacial score (nSPS) is 34.1. The number of aliphatic hydroxyl groups is 1. The Morgan fingerprint density at radius 1 is 1.75 bits per heavy atom. The van der Waals surface area contributed by atoms with E-state index in [1.54, 1.807) is 6.92 Å². The standard InChI is InChI=1S/C8H15NO3/c1-2-12-7(11)8(9)3-6(4-8)5-10/h6,10H,2-5,9H2,1H3. The molecule has 12 heavy (non-hydrogen) atoms. The van der Waals surface area contributed by atoms with Crippen molar-refractivity contribution in [1.29, 1.82) is 0 Å². The molecule has 0 amide bonds. The van der Waals surface area contributed by atoms with Crippen molar-refractivity contribution < 1.29 is 14.6 Å². The summed E-state index contributed by atoms with van der Waals surface area (Å²) in [5.74, 6) is -0.158. The van der Waals surface area contributed by atoms with Gasteiger partial charge in [0.15, 0.2) is 0 Å². The van der Waals surface area contributed by atoms with E-state index in [0.717, 1.165) is 0 Å². The van der Waals surface area contributed by atoms with Crippen LogP contribution in [0.1, 0.15) is 19.8 Å². The van der Waals surface area contributed by atoms with E-state index in [-0.39, 0.29) is 18.5 Å². The smallest absolute Gasteiger partial charge is 0.326 e. The van der Waals surface area contributed by atoms with Gasteiger partial charge in [-0.05, 0) is 25.7 Å². The van der Waals surface area contributed by atoms with E-state index in [2.05, 4.69) is 0 Å². The molecule has 0 aromatic rings. The summed E-state index contributed by atoms with van der Waals surface area (Å²) in [6.07, 6.45) is 1.09. The molecule has 70 valence electrons. The van der Waals surface area contributed by atoms with Crippen LogP contribution in [-0.2, 0) is 9.53 Å². The predicted molar refractivity (Wildman–Crippen MR) is 43.4 cm³/mol. The van der Waals surface area contributed by atoms with Gasteiger partial charge in [-0.2, -0.15) is 0 Å². The Kier molecular flexibility index (Phi) is 2.69. The summed E-state index contributed by atoms with van der Waals surface area (Å²) in [4.78, 5) is 11.2. The van der Waals surface area contributed by atoms with Crippen LogP contribution in [0.4, 0.5) is 0 Å².